The number of benzene rings is 1. The van der Waals surface area contributed by atoms with Gasteiger partial charge in [-0.25, -0.2) is 4.98 Å². The zero-order valence-electron chi connectivity index (χ0n) is 12.2. The van der Waals surface area contributed by atoms with E-state index in [1.54, 1.807) is 0 Å². The Balaban J connectivity index is 0.00000220. The van der Waals surface area contributed by atoms with Crippen molar-refractivity contribution >= 4 is 34.8 Å². The lowest BCUT2D eigenvalue weighted by Crippen LogP contribution is -2.13. The fourth-order valence-corrected chi connectivity index (χ4v) is 2.73. The van der Waals surface area contributed by atoms with Gasteiger partial charge in [-0.1, -0.05) is 23.8 Å². The van der Waals surface area contributed by atoms with Gasteiger partial charge in [0.25, 0.3) is 0 Å². The standard InChI is InChI=1S/C15H19N3OS.ClH/c1-10-5-6-12(11(2)8-10)13-9-20-15(17-13)18-14(19)4-3-7-16;/h5-6,8-9H,3-4,7,16H2,1-2H3,(H,17,18,19);1H. The van der Waals surface area contributed by atoms with Gasteiger partial charge in [0.15, 0.2) is 5.13 Å². The third-order valence-corrected chi connectivity index (χ3v) is 3.77. The van der Waals surface area contributed by atoms with E-state index >= 15 is 0 Å². The summed E-state index contributed by atoms with van der Waals surface area (Å²) in [4.78, 5) is 16.1. The lowest BCUT2D eigenvalue weighted by Gasteiger charge is -2.03. The monoisotopic (exact) mass is 325 g/mol. The first-order chi connectivity index (χ1) is 9.60. The average Bonchev–Trinajstić information content (AvgIpc) is 2.84. The van der Waals surface area contributed by atoms with Crippen LogP contribution in [0.25, 0.3) is 11.3 Å². The summed E-state index contributed by atoms with van der Waals surface area (Å²) in [7, 11) is 0. The van der Waals surface area contributed by atoms with E-state index in [2.05, 4.69) is 42.3 Å². The molecule has 0 spiro atoms. The molecule has 2 aromatic rings. The van der Waals surface area contributed by atoms with Crippen LogP contribution in [0.4, 0.5) is 5.13 Å². The van der Waals surface area contributed by atoms with Crippen molar-refractivity contribution in [1.29, 1.82) is 0 Å². The van der Waals surface area contributed by atoms with Crippen LogP contribution in [0.2, 0.25) is 0 Å². The molecule has 0 saturated carbocycles. The Bertz CT molecular complexity index is 613. The maximum Gasteiger partial charge on any atom is 0.226 e. The molecule has 1 amide bonds. The molecule has 2 rings (SSSR count). The van der Waals surface area contributed by atoms with Crippen LogP contribution in [0.3, 0.4) is 0 Å². The molecule has 21 heavy (non-hydrogen) atoms. The zero-order chi connectivity index (χ0) is 14.5. The molecule has 0 unspecified atom stereocenters. The number of halogens is 1. The number of thiazole rings is 1. The quantitative estimate of drug-likeness (QED) is 0.883. The average molecular weight is 326 g/mol. The minimum Gasteiger partial charge on any atom is -0.330 e. The summed E-state index contributed by atoms with van der Waals surface area (Å²) < 4.78 is 0. The molecule has 0 radical (unpaired) electrons. The number of aryl methyl sites for hydroxylation is 2. The van der Waals surface area contributed by atoms with Gasteiger partial charge in [-0.15, -0.1) is 23.7 Å². The number of amides is 1. The molecule has 0 fully saturated rings. The van der Waals surface area contributed by atoms with Gasteiger partial charge < -0.3 is 11.1 Å². The summed E-state index contributed by atoms with van der Waals surface area (Å²) >= 11 is 1.44. The number of nitrogens with zero attached hydrogens (tertiary/aromatic N) is 1. The first-order valence-electron chi connectivity index (χ1n) is 6.63. The Kier molecular flexibility index (Phi) is 6.81. The molecular weight excluding hydrogens is 306 g/mol. The van der Waals surface area contributed by atoms with E-state index in [0.717, 1.165) is 11.3 Å². The molecule has 1 heterocycles. The number of carbonyl (C=O) groups excluding carboxylic acids is 1. The van der Waals surface area contributed by atoms with Crippen molar-refractivity contribution in [1.82, 2.24) is 4.98 Å². The molecule has 0 saturated heterocycles. The van der Waals surface area contributed by atoms with Gasteiger partial charge in [0.1, 0.15) is 0 Å². The van der Waals surface area contributed by atoms with E-state index in [9.17, 15) is 4.79 Å². The molecule has 114 valence electrons. The van der Waals surface area contributed by atoms with Crippen LogP contribution in [-0.2, 0) is 4.79 Å². The van der Waals surface area contributed by atoms with Gasteiger partial charge in [0.05, 0.1) is 5.69 Å². The number of nitrogens with one attached hydrogen (secondary N) is 1. The second-order valence-corrected chi connectivity index (χ2v) is 5.65. The van der Waals surface area contributed by atoms with Gasteiger partial charge >= 0.3 is 0 Å². The van der Waals surface area contributed by atoms with Crippen molar-refractivity contribution in [3.05, 3.63) is 34.7 Å². The van der Waals surface area contributed by atoms with E-state index in [0.29, 0.717) is 24.5 Å². The summed E-state index contributed by atoms with van der Waals surface area (Å²) in [5.41, 5.74) is 9.82. The number of nitrogens with two attached hydrogens (primary N) is 1. The van der Waals surface area contributed by atoms with E-state index in [-0.39, 0.29) is 18.3 Å². The molecule has 0 aliphatic rings. The van der Waals surface area contributed by atoms with E-state index in [4.69, 9.17) is 5.73 Å². The zero-order valence-corrected chi connectivity index (χ0v) is 13.8. The number of anilines is 1. The molecule has 0 bridgehead atoms. The smallest absolute Gasteiger partial charge is 0.226 e. The molecule has 0 aliphatic carbocycles. The van der Waals surface area contributed by atoms with Gasteiger partial charge in [-0.05, 0) is 32.4 Å². The van der Waals surface area contributed by atoms with Crippen LogP contribution in [0, 0.1) is 13.8 Å². The van der Waals surface area contributed by atoms with Crippen molar-refractivity contribution in [2.24, 2.45) is 5.73 Å². The highest BCUT2D eigenvalue weighted by Crippen LogP contribution is 2.28. The van der Waals surface area contributed by atoms with Crippen LogP contribution in [0.1, 0.15) is 24.0 Å². The predicted octanol–water partition coefficient (Wildman–Crippen LogP) is 3.53. The number of hydrogen-bond donors (Lipinski definition) is 2. The summed E-state index contributed by atoms with van der Waals surface area (Å²) in [5, 5.41) is 5.42. The topological polar surface area (TPSA) is 68.0 Å². The van der Waals surface area contributed by atoms with Crippen molar-refractivity contribution in [3.8, 4) is 11.3 Å². The summed E-state index contributed by atoms with van der Waals surface area (Å²) in [6.45, 7) is 4.67. The van der Waals surface area contributed by atoms with Crippen LogP contribution >= 0.6 is 23.7 Å². The Morgan fingerprint density at radius 1 is 1.38 bits per heavy atom. The van der Waals surface area contributed by atoms with Gasteiger partial charge in [-0.2, -0.15) is 0 Å². The summed E-state index contributed by atoms with van der Waals surface area (Å²) in [6.07, 6.45) is 1.14. The normalized spacial score (nSPS) is 10.0. The number of aromatic nitrogens is 1. The minimum absolute atomic E-state index is 0. The van der Waals surface area contributed by atoms with Crippen molar-refractivity contribution in [2.45, 2.75) is 26.7 Å². The molecule has 6 heteroatoms. The lowest BCUT2D eigenvalue weighted by molar-refractivity contribution is -0.116. The minimum atomic E-state index is -0.0306. The van der Waals surface area contributed by atoms with Gasteiger partial charge in [0.2, 0.25) is 5.91 Å². The molecule has 3 N–H and O–H groups in total. The maximum absolute atomic E-state index is 11.6. The Hall–Kier alpha value is -1.43. The summed E-state index contributed by atoms with van der Waals surface area (Å²) in [6, 6.07) is 6.27. The lowest BCUT2D eigenvalue weighted by atomic mass is 10.0. The number of hydrogen-bond acceptors (Lipinski definition) is 4. The van der Waals surface area contributed by atoms with Crippen LogP contribution in [0.15, 0.2) is 23.6 Å². The molecular formula is C15H20ClN3OS. The number of rotatable bonds is 5. The third-order valence-electron chi connectivity index (χ3n) is 3.02. The second kappa shape index (κ2) is 8.12. The molecule has 0 atom stereocenters. The SMILES string of the molecule is Cc1ccc(-c2csc(NC(=O)CCCN)n2)c(C)c1.Cl. The van der Waals surface area contributed by atoms with Gasteiger partial charge in [-0.3, -0.25) is 4.79 Å². The van der Waals surface area contributed by atoms with Gasteiger partial charge in [0, 0.05) is 17.4 Å². The number of carbonyl (C=O) groups is 1. The predicted molar refractivity (Wildman–Crippen MR) is 91.2 cm³/mol. The fourth-order valence-electron chi connectivity index (χ4n) is 2.00. The van der Waals surface area contributed by atoms with E-state index < -0.39 is 0 Å². The van der Waals surface area contributed by atoms with Crippen LogP contribution < -0.4 is 11.1 Å². The molecule has 1 aromatic heterocycles. The highest BCUT2D eigenvalue weighted by molar-refractivity contribution is 7.14. The first kappa shape index (κ1) is 17.6. The fraction of sp³-hybridized carbons (Fsp3) is 0.333. The molecule has 4 nitrogen and oxygen atoms in total. The maximum atomic E-state index is 11.6. The first-order valence-corrected chi connectivity index (χ1v) is 7.51. The van der Waals surface area contributed by atoms with E-state index in [1.165, 1.54) is 22.5 Å². The largest absolute Gasteiger partial charge is 0.330 e. The Morgan fingerprint density at radius 3 is 2.81 bits per heavy atom. The van der Waals surface area contributed by atoms with E-state index in [1.807, 2.05) is 5.38 Å². The molecule has 1 aromatic carbocycles. The highest BCUT2D eigenvalue weighted by Gasteiger charge is 2.09. The van der Waals surface area contributed by atoms with Crippen LogP contribution in [0.5, 0.6) is 0 Å². The Morgan fingerprint density at radius 2 is 2.14 bits per heavy atom. The third kappa shape index (κ3) is 4.81. The van der Waals surface area contributed by atoms with Crippen molar-refractivity contribution in [3.63, 3.8) is 0 Å². The van der Waals surface area contributed by atoms with Crippen molar-refractivity contribution < 1.29 is 4.79 Å². The Labute approximate surface area is 135 Å². The molecule has 0 aliphatic heterocycles. The second-order valence-electron chi connectivity index (χ2n) is 4.80. The van der Waals surface area contributed by atoms with Crippen LogP contribution in [-0.4, -0.2) is 17.4 Å². The highest BCUT2D eigenvalue weighted by atomic mass is 35.5. The van der Waals surface area contributed by atoms with Crippen molar-refractivity contribution in [2.75, 3.05) is 11.9 Å². The summed E-state index contributed by atoms with van der Waals surface area (Å²) in [5.74, 6) is -0.0306.